The van der Waals surface area contributed by atoms with E-state index in [0.717, 1.165) is 37.4 Å². The number of aromatic nitrogens is 1. The van der Waals surface area contributed by atoms with Crippen LogP contribution in [0, 0.1) is 0 Å². The normalized spacial score (nSPS) is 11.8. The number of amides is 3. The van der Waals surface area contributed by atoms with Gasteiger partial charge in [-0.25, -0.2) is 4.98 Å². The molecule has 7 nitrogen and oxygen atoms in total. The Balaban J connectivity index is 1.12. The van der Waals surface area contributed by atoms with Crippen LogP contribution >= 0.6 is 23.1 Å². The van der Waals surface area contributed by atoms with Crippen molar-refractivity contribution in [2.75, 3.05) is 10.6 Å². The van der Waals surface area contributed by atoms with E-state index in [1.54, 1.807) is 36.4 Å². The summed E-state index contributed by atoms with van der Waals surface area (Å²) in [6, 6.07) is 51.1. The number of carbonyl (C=O) groups excluding carboxylic acids is 3. The number of nitrogens with one attached hydrogen (secondary N) is 3. The first-order valence-electron chi connectivity index (χ1n) is 16.5. The quantitative estimate of drug-likeness (QED) is 0.0915. The lowest BCUT2D eigenvalue weighted by Crippen LogP contribution is -2.30. The Bertz CT molecular complexity index is 2330. The van der Waals surface area contributed by atoms with E-state index < -0.39 is 17.1 Å². The lowest BCUT2D eigenvalue weighted by Gasteiger charge is -2.17. The number of thiazole rings is 1. The van der Waals surface area contributed by atoms with Gasteiger partial charge in [-0.3, -0.25) is 14.4 Å². The molecular formula is C43H32N4O3S2. The average Bonchev–Trinajstić information content (AvgIpc) is 3.60. The van der Waals surface area contributed by atoms with Gasteiger partial charge in [-0.2, -0.15) is 0 Å². The van der Waals surface area contributed by atoms with Crippen molar-refractivity contribution in [3.05, 3.63) is 186 Å². The number of benzene rings is 6. The van der Waals surface area contributed by atoms with Gasteiger partial charge >= 0.3 is 0 Å². The van der Waals surface area contributed by atoms with Gasteiger partial charge in [0.15, 0.2) is 5.13 Å². The first-order chi connectivity index (χ1) is 25.5. The molecule has 6 aromatic carbocycles. The van der Waals surface area contributed by atoms with Crippen molar-refractivity contribution < 1.29 is 14.4 Å². The highest BCUT2D eigenvalue weighted by Gasteiger charge is 2.24. The monoisotopic (exact) mass is 716 g/mol. The van der Waals surface area contributed by atoms with Crippen molar-refractivity contribution in [3.63, 3.8) is 0 Å². The van der Waals surface area contributed by atoms with Gasteiger partial charge in [0.2, 0.25) is 5.91 Å². The van der Waals surface area contributed by atoms with E-state index in [1.165, 1.54) is 23.1 Å². The molecule has 9 heteroatoms. The Morgan fingerprint density at radius 2 is 1.31 bits per heavy atom. The Hall–Kier alpha value is -6.29. The fourth-order valence-corrected chi connectivity index (χ4v) is 7.44. The largest absolute Gasteiger partial charge is 0.321 e. The minimum absolute atomic E-state index is 0.0803. The van der Waals surface area contributed by atoms with E-state index in [2.05, 4.69) is 20.9 Å². The average molecular weight is 717 g/mol. The van der Waals surface area contributed by atoms with Crippen molar-refractivity contribution in [1.82, 2.24) is 10.3 Å². The summed E-state index contributed by atoms with van der Waals surface area (Å²) in [6.45, 7) is 0. The molecule has 0 aliphatic carbocycles. The van der Waals surface area contributed by atoms with Crippen molar-refractivity contribution in [2.24, 2.45) is 0 Å². The second-order valence-corrected chi connectivity index (χ2v) is 13.9. The summed E-state index contributed by atoms with van der Waals surface area (Å²) in [6.07, 6.45) is 1.65. The third kappa shape index (κ3) is 8.53. The predicted octanol–water partition coefficient (Wildman–Crippen LogP) is 9.84. The lowest BCUT2D eigenvalue weighted by atomic mass is 10.0. The van der Waals surface area contributed by atoms with E-state index in [0.29, 0.717) is 16.4 Å². The van der Waals surface area contributed by atoms with Crippen LogP contribution in [0.1, 0.15) is 26.7 Å². The van der Waals surface area contributed by atoms with Crippen molar-refractivity contribution in [3.8, 4) is 11.1 Å². The van der Waals surface area contributed by atoms with Gasteiger partial charge in [0.05, 0.1) is 10.2 Å². The van der Waals surface area contributed by atoms with Crippen LogP contribution in [0.25, 0.3) is 27.4 Å². The molecule has 0 aliphatic heterocycles. The van der Waals surface area contributed by atoms with E-state index in [1.807, 2.05) is 133 Å². The topological polar surface area (TPSA) is 100 Å². The lowest BCUT2D eigenvalue weighted by molar-refractivity contribution is -0.116. The zero-order valence-corrected chi connectivity index (χ0v) is 29.4. The standard InChI is InChI=1S/C43H32N4O3S2/c48-40(33-17-8-3-9-18-33)45-37(27-29-23-25-31(26-24-29)30-13-4-1-5-14-30)41(49)44-34-19-12-20-35(28-34)51-39(32-15-6-2-7-16-32)42(50)47-43-46-36-21-10-11-22-38(36)52-43/h1-28,39H,(H,44,49)(H,45,48)(H,46,47,50)/b37-27+. The van der Waals surface area contributed by atoms with Gasteiger partial charge in [0.1, 0.15) is 10.9 Å². The highest BCUT2D eigenvalue weighted by molar-refractivity contribution is 8.00. The maximum atomic E-state index is 13.8. The highest BCUT2D eigenvalue weighted by Crippen LogP contribution is 2.38. The Kier molecular flexibility index (Phi) is 10.6. The molecule has 0 fully saturated rings. The zero-order valence-electron chi connectivity index (χ0n) is 27.7. The molecular weight excluding hydrogens is 685 g/mol. The number of anilines is 2. The number of nitrogens with zero attached hydrogens (tertiary/aromatic N) is 1. The molecule has 3 N–H and O–H groups in total. The summed E-state index contributed by atoms with van der Waals surface area (Å²) in [4.78, 5) is 46.2. The smallest absolute Gasteiger partial charge is 0.272 e. The molecule has 7 rings (SSSR count). The molecule has 0 saturated heterocycles. The van der Waals surface area contributed by atoms with Crippen LogP contribution in [0.2, 0.25) is 0 Å². The minimum atomic E-state index is -0.598. The van der Waals surface area contributed by atoms with Gasteiger partial charge < -0.3 is 16.0 Å². The van der Waals surface area contributed by atoms with Gasteiger partial charge in [0.25, 0.3) is 11.8 Å². The van der Waals surface area contributed by atoms with E-state index in [4.69, 9.17) is 0 Å². The molecule has 1 atom stereocenters. The number of carbonyl (C=O) groups is 3. The number of thioether (sulfide) groups is 1. The molecule has 254 valence electrons. The molecule has 3 amide bonds. The zero-order chi connectivity index (χ0) is 35.7. The number of hydrogen-bond donors (Lipinski definition) is 3. The maximum absolute atomic E-state index is 13.8. The summed E-state index contributed by atoms with van der Waals surface area (Å²) in [5, 5.41) is 8.70. The second kappa shape index (κ2) is 16.2. The molecule has 1 heterocycles. The summed E-state index contributed by atoms with van der Waals surface area (Å²) in [7, 11) is 0. The highest BCUT2D eigenvalue weighted by atomic mass is 32.2. The van der Waals surface area contributed by atoms with Crippen LogP contribution < -0.4 is 16.0 Å². The molecule has 0 spiro atoms. The molecule has 1 aromatic heterocycles. The van der Waals surface area contributed by atoms with Gasteiger partial charge in [0, 0.05) is 16.1 Å². The Labute approximate surface area is 309 Å². The third-order valence-corrected chi connectivity index (χ3v) is 10.3. The summed E-state index contributed by atoms with van der Waals surface area (Å²) < 4.78 is 0.989. The molecule has 0 aliphatic rings. The van der Waals surface area contributed by atoms with Crippen LogP contribution in [0.15, 0.2) is 174 Å². The number of para-hydroxylation sites is 1. The van der Waals surface area contributed by atoms with E-state index in [-0.39, 0.29) is 11.6 Å². The molecule has 0 radical (unpaired) electrons. The van der Waals surface area contributed by atoms with Crippen LogP contribution in [-0.2, 0) is 9.59 Å². The summed E-state index contributed by atoms with van der Waals surface area (Å²) >= 11 is 2.79. The molecule has 52 heavy (non-hydrogen) atoms. The van der Waals surface area contributed by atoms with E-state index in [9.17, 15) is 14.4 Å². The van der Waals surface area contributed by atoms with Crippen molar-refractivity contribution >= 4 is 67.9 Å². The first-order valence-corrected chi connectivity index (χ1v) is 18.2. The van der Waals surface area contributed by atoms with E-state index >= 15 is 0 Å². The van der Waals surface area contributed by atoms with Crippen LogP contribution in [0.5, 0.6) is 0 Å². The molecule has 7 aromatic rings. The van der Waals surface area contributed by atoms with Crippen LogP contribution in [0.3, 0.4) is 0 Å². The van der Waals surface area contributed by atoms with Gasteiger partial charge in [-0.05, 0) is 70.8 Å². The fourth-order valence-electron chi connectivity index (χ4n) is 5.49. The Morgan fingerprint density at radius 1 is 0.654 bits per heavy atom. The predicted molar refractivity (Wildman–Crippen MR) is 212 cm³/mol. The number of fused-ring (bicyclic) bond motifs is 1. The molecule has 1 unspecified atom stereocenters. The molecule has 0 saturated carbocycles. The maximum Gasteiger partial charge on any atom is 0.272 e. The summed E-state index contributed by atoms with van der Waals surface area (Å²) in [5.41, 5.74) is 5.52. The third-order valence-electron chi connectivity index (χ3n) is 8.07. The Morgan fingerprint density at radius 3 is 2.04 bits per heavy atom. The van der Waals surface area contributed by atoms with Gasteiger partial charge in [-0.1, -0.05) is 133 Å². The van der Waals surface area contributed by atoms with Crippen molar-refractivity contribution in [2.45, 2.75) is 10.1 Å². The van der Waals surface area contributed by atoms with Crippen molar-refractivity contribution in [1.29, 1.82) is 0 Å². The van der Waals surface area contributed by atoms with Crippen LogP contribution in [0.4, 0.5) is 10.8 Å². The summed E-state index contributed by atoms with van der Waals surface area (Å²) in [5.74, 6) is -1.11. The fraction of sp³-hybridized carbons (Fsp3) is 0.0233. The number of hydrogen-bond acceptors (Lipinski definition) is 6. The number of rotatable bonds is 11. The first kappa shape index (κ1) is 34.2. The minimum Gasteiger partial charge on any atom is -0.321 e. The van der Waals surface area contributed by atoms with Gasteiger partial charge in [-0.15, -0.1) is 11.8 Å². The molecule has 0 bridgehead atoms. The van der Waals surface area contributed by atoms with Crippen LogP contribution in [-0.4, -0.2) is 22.7 Å². The second-order valence-electron chi connectivity index (χ2n) is 11.7. The SMILES string of the molecule is O=C(Nc1cccc(SC(C(=O)Nc2nc3ccccc3s2)c2ccccc2)c1)/C(=C\c1ccc(-c2ccccc2)cc1)NC(=O)c1ccccc1.